The molecule has 0 spiro atoms. The highest BCUT2D eigenvalue weighted by Crippen LogP contribution is 2.19. The molecule has 8 nitrogen and oxygen atoms in total. The van der Waals surface area contributed by atoms with Crippen molar-refractivity contribution in [2.24, 2.45) is 0 Å². The molecule has 0 aliphatic carbocycles. The van der Waals surface area contributed by atoms with Crippen LogP contribution in [0.15, 0.2) is 29.2 Å². The van der Waals surface area contributed by atoms with E-state index in [1.54, 1.807) is 12.1 Å². The average Bonchev–Trinajstić information content (AvgIpc) is 3.22. The molecule has 0 unspecified atom stereocenters. The van der Waals surface area contributed by atoms with Gasteiger partial charge in [0.05, 0.1) is 30.3 Å². The highest BCUT2D eigenvalue weighted by molar-refractivity contribution is 7.89. The number of Topliss-reactive ketones (excluding diaryl/α,β-unsaturated/α-hetero) is 1. The van der Waals surface area contributed by atoms with E-state index in [0.29, 0.717) is 44.9 Å². The third kappa shape index (κ3) is 6.07. The molecule has 0 amide bonds. The monoisotopic (exact) mass is 426 g/mol. The molecular weight excluding hydrogens is 396 g/mol. The van der Waals surface area contributed by atoms with Crippen molar-refractivity contribution in [1.29, 1.82) is 0 Å². The molecule has 2 saturated heterocycles. The van der Waals surface area contributed by atoms with Crippen LogP contribution in [0.5, 0.6) is 0 Å². The molecule has 9 heteroatoms. The van der Waals surface area contributed by atoms with Gasteiger partial charge in [-0.05, 0) is 31.9 Å². The van der Waals surface area contributed by atoms with E-state index in [9.17, 15) is 18.3 Å². The molecule has 2 aliphatic rings. The van der Waals surface area contributed by atoms with Crippen molar-refractivity contribution in [2.75, 3.05) is 52.5 Å². The fourth-order valence-corrected chi connectivity index (χ4v) is 5.05. The highest BCUT2D eigenvalue weighted by Gasteiger charge is 2.29. The Balaban J connectivity index is 1.43. The Morgan fingerprint density at radius 3 is 2.52 bits per heavy atom. The number of aliphatic hydroxyl groups excluding tert-OH is 1. The zero-order chi connectivity index (χ0) is 20.9. The maximum Gasteiger partial charge on any atom is 0.243 e. The first kappa shape index (κ1) is 22.3. The Kier molecular flexibility index (Phi) is 7.78. The lowest BCUT2D eigenvalue weighted by Crippen LogP contribution is -2.50. The summed E-state index contributed by atoms with van der Waals surface area (Å²) in [5.74, 6) is -0.0964. The van der Waals surface area contributed by atoms with Gasteiger partial charge in [-0.3, -0.25) is 9.69 Å². The Labute approximate surface area is 172 Å². The summed E-state index contributed by atoms with van der Waals surface area (Å²) >= 11 is 0. The quantitative estimate of drug-likeness (QED) is 0.582. The Hall–Kier alpha value is -1.36. The first-order valence-corrected chi connectivity index (χ1v) is 11.5. The second kappa shape index (κ2) is 10.1. The van der Waals surface area contributed by atoms with Crippen LogP contribution < -0.4 is 0 Å². The molecule has 0 aromatic heterocycles. The van der Waals surface area contributed by atoms with Gasteiger partial charge in [0.2, 0.25) is 10.0 Å². The maximum absolute atomic E-state index is 12.8. The first-order chi connectivity index (χ1) is 13.9. The van der Waals surface area contributed by atoms with Crippen LogP contribution in [0, 0.1) is 0 Å². The summed E-state index contributed by atoms with van der Waals surface area (Å²) in [4.78, 5) is 13.6. The second-order valence-corrected chi connectivity index (χ2v) is 9.55. The van der Waals surface area contributed by atoms with Crippen molar-refractivity contribution in [3.8, 4) is 0 Å². The van der Waals surface area contributed by atoms with Gasteiger partial charge >= 0.3 is 0 Å². The molecule has 2 aliphatic heterocycles. The lowest BCUT2D eigenvalue weighted by atomic mass is 10.2. The minimum absolute atomic E-state index is 0.0964. The molecule has 1 aromatic carbocycles. The lowest BCUT2D eigenvalue weighted by Gasteiger charge is -2.34. The van der Waals surface area contributed by atoms with E-state index >= 15 is 0 Å². The van der Waals surface area contributed by atoms with Crippen LogP contribution in [0.1, 0.15) is 30.1 Å². The zero-order valence-corrected chi connectivity index (χ0v) is 17.6. The van der Waals surface area contributed by atoms with Gasteiger partial charge in [-0.2, -0.15) is 4.31 Å². The minimum atomic E-state index is -3.59. The summed E-state index contributed by atoms with van der Waals surface area (Å²) in [6, 6.07) is 6.04. The zero-order valence-electron chi connectivity index (χ0n) is 16.8. The fraction of sp³-hybridized carbons (Fsp3) is 0.650. The molecule has 0 saturated carbocycles. The van der Waals surface area contributed by atoms with Crippen molar-refractivity contribution < 1.29 is 27.8 Å². The summed E-state index contributed by atoms with van der Waals surface area (Å²) in [5, 5.41) is 10.2. The number of carbonyl (C=O) groups excluding carboxylic acids is 1. The van der Waals surface area contributed by atoms with Crippen LogP contribution in [0.3, 0.4) is 0 Å². The van der Waals surface area contributed by atoms with Crippen LogP contribution in [0.25, 0.3) is 0 Å². The summed E-state index contributed by atoms with van der Waals surface area (Å²) < 4.78 is 38.1. The molecule has 2 heterocycles. The molecule has 29 heavy (non-hydrogen) atoms. The van der Waals surface area contributed by atoms with Crippen LogP contribution in [0.2, 0.25) is 0 Å². The van der Waals surface area contributed by atoms with E-state index < -0.39 is 16.1 Å². The molecule has 2 atom stereocenters. The van der Waals surface area contributed by atoms with E-state index in [1.807, 2.05) is 4.90 Å². The number of carbonyl (C=O) groups is 1. The number of ether oxygens (including phenoxy) is 2. The van der Waals surface area contributed by atoms with Gasteiger partial charge in [0.25, 0.3) is 0 Å². The number of hydrogen-bond acceptors (Lipinski definition) is 7. The van der Waals surface area contributed by atoms with Gasteiger partial charge in [0.15, 0.2) is 5.78 Å². The minimum Gasteiger partial charge on any atom is -0.389 e. The largest absolute Gasteiger partial charge is 0.389 e. The van der Waals surface area contributed by atoms with Crippen molar-refractivity contribution >= 4 is 15.8 Å². The van der Waals surface area contributed by atoms with Crippen LogP contribution in [-0.4, -0.2) is 93.3 Å². The SMILES string of the molecule is CC(=O)c1ccc(S(=O)(=O)N2CCN(C[C@@H](O)COC[C@H]3CCCO3)CC2)cc1. The highest BCUT2D eigenvalue weighted by atomic mass is 32.2. The van der Waals surface area contributed by atoms with Gasteiger partial charge in [-0.25, -0.2) is 8.42 Å². The molecule has 1 aromatic rings. The molecule has 0 radical (unpaired) electrons. The number of piperazine rings is 1. The van der Waals surface area contributed by atoms with Gasteiger partial charge in [-0.15, -0.1) is 0 Å². The second-order valence-electron chi connectivity index (χ2n) is 7.61. The Morgan fingerprint density at radius 2 is 1.93 bits per heavy atom. The molecule has 162 valence electrons. The predicted molar refractivity (Wildman–Crippen MR) is 107 cm³/mol. The predicted octanol–water partition coefficient (Wildman–Crippen LogP) is 0.752. The number of sulfonamides is 1. The van der Waals surface area contributed by atoms with E-state index in [-0.39, 0.29) is 23.4 Å². The molecule has 2 fully saturated rings. The summed E-state index contributed by atoms with van der Waals surface area (Å²) in [7, 11) is -3.59. The number of aliphatic hydroxyl groups is 1. The van der Waals surface area contributed by atoms with Crippen molar-refractivity contribution in [3.63, 3.8) is 0 Å². The van der Waals surface area contributed by atoms with Gasteiger partial charge in [0, 0.05) is 44.9 Å². The van der Waals surface area contributed by atoms with Gasteiger partial charge < -0.3 is 14.6 Å². The molecule has 1 N–H and O–H groups in total. The number of β-amino-alcohol motifs (C(OH)–C–C–N with tert-alkyl or cyclic N) is 1. The van der Waals surface area contributed by atoms with Crippen LogP contribution in [-0.2, 0) is 19.5 Å². The Bertz CT molecular complexity index is 769. The fourth-order valence-electron chi connectivity index (χ4n) is 3.63. The summed E-state index contributed by atoms with van der Waals surface area (Å²) in [5.41, 5.74) is 0.490. The average molecular weight is 427 g/mol. The van der Waals surface area contributed by atoms with Crippen LogP contribution in [0.4, 0.5) is 0 Å². The van der Waals surface area contributed by atoms with E-state index in [4.69, 9.17) is 9.47 Å². The molecule has 0 bridgehead atoms. The van der Waals surface area contributed by atoms with Gasteiger partial charge in [-0.1, -0.05) is 12.1 Å². The topological polar surface area (TPSA) is 96.4 Å². The maximum atomic E-state index is 12.8. The summed E-state index contributed by atoms with van der Waals surface area (Å²) in [6.07, 6.45) is 1.59. The number of benzene rings is 1. The van der Waals surface area contributed by atoms with Gasteiger partial charge in [0.1, 0.15) is 0 Å². The van der Waals surface area contributed by atoms with E-state index in [2.05, 4.69) is 0 Å². The third-order valence-electron chi connectivity index (χ3n) is 5.34. The smallest absolute Gasteiger partial charge is 0.243 e. The summed E-state index contributed by atoms with van der Waals surface area (Å²) in [6.45, 7) is 5.26. The number of hydrogen-bond donors (Lipinski definition) is 1. The normalized spacial score (nSPS) is 22.6. The molecular formula is C20H30N2O6S. The standard InChI is InChI=1S/C20H30N2O6S/c1-16(23)17-4-6-20(7-5-17)29(25,26)22-10-8-21(9-11-22)13-18(24)14-27-15-19-3-2-12-28-19/h4-7,18-19,24H,2-3,8-15H2,1H3/t18-,19-/m1/s1. The van der Waals surface area contributed by atoms with E-state index in [0.717, 1.165) is 19.4 Å². The first-order valence-electron chi connectivity index (χ1n) is 10.1. The lowest BCUT2D eigenvalue weighted by molar-refractivity contribution is -0.0270. The van der Waals surface area contributed by atoms with Crippen molar-refractivity contribution in [2.45, 2.75) is 36.9 Å². The van der Waals surface area contributed by atoms with Crippen molar-refractivity contribution in [1.82, 2.24) is 9.21 Å². The number of nitrogens with zero attached hydrogens (tertiary/aromatic N) is 2. The molecule has 3 rings (SSSR count). The van der Waals surface area contributed by atoms with Crippen molar-refractivity contribution in [3.05, 3.63) is 29.8 Å². The van der Waals surface area contributed by atoms with E-state index in [1.165, 1.54) is 23.4 Å². The number of rotatable bonds is 9. The third-order valence-corrected chi connectivity index (χ3v) is 7.25. The van der Waals surface area contributed by atoms with Crippen LogP contribution >= 0.6 is 0 Å². The Morgan fingerprint density at radius 1 is 1.24 bits per heavy atom. The number of ketones is 1.